The predicted molar refractivity (Wildman–Crippen MR) is 63.2 cm³/mol. The van der Waals surface area contributed by atoms with Crippen LogP contribution in [0.25, 0.3) is 0 Å². The standard InChI is InChI=1S/C10H14N2S.ClH/c1-2-7-12-10(5-1)13-9-4-3-6-11-8-9;/h1-2,5,7,9,11H,3-4,6,8H2;1H. The molecule has 0 bridgehead atoms. The summed E-state index contributed by atoms with van der Waals surface area (Å²) in [5.41, 5.74) is 0. The molecule has 1 fully saturated rings. The molecule has 14 heavy (non-hydrogen) atoms. The number of thioether (sulfide) groups is 1. The first kappa shape index (κ1) is 11.8. The van der Waals surface area contributed by atoms with Crippen LogP contribution in [0.4, 0.5) is 0 Å². The first-order valence-corrected chi connectivity index (χ1v) is 5.61. The van der Waals surface area contributed by atoms with Gasteiger partial charge in [0, 0.05) is 18.0 Å². The highest BCUT2D eigenvalue weighted by atomic mass is 35.5. The number of halogens is 1. The summed E-state index contributed by atoms with van der Waals surface area (Å²) in [6.07, 6.45) is 4.47. The van der Waals surface area contributed by atoms with E-state index in [0.717, 1.165) is 11.6 Å². The van der Waals surface area contributed by atoms with Crippen molar-refractivity contribution in [1.82, 2.24) is 10.3 Å². The van der Waals surface area contributed by atoms with Crippen LogP contribution in [0.2, 0.25) is 0 Å². The van der Waals surface area contributed by atoms with Crippen molar-refractivity contribution in [3.63, 3.8) is 0 Å². The van der Waals surface area contributed by atoms with Crippen molar-refractivity contribution >= 4 is 24.2 Å². The first-order chi connectivity index (χ1) is 6.45. The monoisotopic (exact) mass is 230 g/mol. The minimum absolute atomic E-state index is 0. The summed E-state index contributed by atoms with van der Waals surface area (Å²) in [5, 5.41) is 5.27. The quantitative estimate of drug-likeness (QED) is 0.845. The zero-order valence-corrected chi connectivity index (χ0v) is 9.61. The van der Waals surface area contributed by atoms with Gasteiger partial charge in [-0.15, -0.1) is 24.2 Å². The fourth-order valence-corrected chi connectivity index (χ4v) is 2.61. The highest BCUT2D eigenvalue weighted by Crippen LogP contribution is 2.24. The number of piperidine rings is 1. The third-order valence-electron chi connectivity index (χ3n) is 2.18. The second-order valence-corrected chi connectivity index (χ2v) is 4.57. The predicted octanol–water partition coefficient (Wildman–Crippen LogP) is 2.35. The Labute approximate surface area is 95.3 Å². The van der Waals surface area contributed by atoms with Gasteiger partial charge in [0.25, 0.3) is 0 Å². The van der Waals surface area contributed by atoms with E-state index in [0.29, 0.717) is 5.25 Å². The molecule has 1 atom stereocenters. The second kappa shape index (κ2) is 6.27. The molecule has 1 unspecified atom stereocenters. The van der Waals surface area contributed by atoms with Gasteiger partial charge in [-0.05, 0) is 31.5 Å². The summed E-state index contributed by atoms with van der Waals surface area (Å²) in [6, 6.07) is 6.09. The second-order valence-electron chi connectivity index (χ2n) is 3.25. The number of nitrogens with zero attached hydrogens (tertiary/aromatic N) is 1. The smallest absolute Gasteiger partial charge is 0.0962 e. The van der Waals surface area contributed by atoms with Crippen LogP contribution in [-0.2, 0) is 0 Å². The molecule has 0 aliphatic carbocycles. The molecule has 0 spiro atoms. The lowest BCUT2D eigenvalue weighted by Gasteiger charge is -2.21. The Bertz CT molecular complexity index is 250. The molecule has 1 aliphatic heterocycles. The maximum Gasteiger partial charge on any atom is 0.0962 e. The molecule has 0 aromatic carbocycles. The Hall–Kier alpha value is -0.250. The molecule has 4 heteroatoms. The third-order valence-corrected chi connectivity index (χ3v) is 3.40. The van der Waals surface area contributed by atoms with Crippen molar-refractivity contribution < 1.29 is 0 Å². The zero-order valence-electron chi connectivity index (χ0n) is 7.98. The Morgan fingerprint density at radius 2 is 2.36 bits per heavy atom. The molecule has 2 rings (SSSR count). The highest BCUT2D eigenvalue weighted by Gasteiger charge is 2.13. The van der Waals surface area contributed by atoms with E-state index in [4.69, 9.17) is 0 Å². The van der Waals surface area contributed by atoms with Gasteiger partial charge in [-0.3, -0.25) is 0 Å². The lowest BCUT2D eigenvalue weighted by Crippen LogP contribution is -2.31. The molecular formula is C10H15ClN2S. The molecule has 1 aromatic heterocycles. The van der Waals surface area contributed by atoms with Gasteiger partial charge in [-0.1, -0.05) is 6.07 Å². The molecule has 1 saturated heterocycles. The van der Waals surface area contributed by atoms with Gasteiger partial charge < -0.3 is 5.32 Å². The minimum atomic E-state index is 0. The number of aromatic nitrogens is 1. The summed E-state index contributed by atoms with van der Waals surface area (Å²) in [7, 11) is 0. The molecule has 2 heterocycles. The zero-order chi connectivity index (χ0) is 8.93. The molecule has 0 amide bonds. The van der Waals surface area contributed by atoms with Crippen LogP contribution in [-0.4, -0.2) is 23.3 Å². The molecule has 0 radical (unpaired) electrons. The Balaban J connectivity index is 0.000000980. The SMILES string of the molecule is Cl.c1ccc(SC2CCCNC2)nc1. The van der Waals surface area contributed by atoms with E-state index in [9.17, 15) is 0 Å². The summed E-state index contributed by atoms with van der Waals surface area (Å²) < 4.78 is 0. The Kier molecular flexibility index (Phi) is 5.30. The number of hydrogen-bond acceptors (Lipinski definition) is 3. The highest BCUT2D eigenvalue weighted by molar-refractivity contribution is 7.99. The number of pyridine rings is 1. The summed E-state index contributed by atoms with van der Waals surface area (Å²) in [4.78, 5) is 4.31. The van der Waals surface area contributed by atoms with E-state index in [1.165, 1.54) is 19.4 Å². The van der Waals surface area contributed by atoms with E-state index in [-0.39, 0.29) is 12.4 Å². The number of hydrogen-bond donors (Lipinski definition) is 1. The number of rotatable bonds is 2. The van der Waals surface area contributed by atoms with Gasteiger partial charge in [0.05, 0.1) is 5.03 Å². The van der Waals surface area contributed by atoms with Crippen molar-refractivity contribution in [3.05, 3.63) is 24.4 Å². The van der Waals surface area contributed by atoms with Gasteiger partial charge >= 0.3 is 0 Å². The van der Waals surface area contributed by atoms with Crippen molar-refractivity contribution in [1.29, 1.82) is 0 Å². The van der Waals surface area contributed by atoms with E-state index in [1.807, 2.05) is 30.1 Å². The average Bonchev–Trinajstić information content (AvgIpc) is 2.21. The van der Waals surface area contributed by atoms with Crippen molar-refractivity contribution in [3.8, 4) is 0 Å². The van der Waals surface area contributed by atoms with Crippen LogP contribution in [0.3, 0.4) is 0 Å². The lowest BCUT2D eigenvalue weighted by molar-refractivity contribution is 0.531. The maximum absolute atomic E-state index is 4.31. The van der Waals surface area contributed by atoms with Crippen molar-refractivity contribution in [2.75, 3.05) is 13.1 Å². The Morgan fingerprint density at radius 3 is 3.00 bits per heavy atom. The van der Waals surface area contributed by atoms with E-state index >= 15 is 0 Å². The molecule has 1 aromatic rings. The van der Waals surface area contributed by atoms with Crippen LogP contribution in [0, 0.1) is 0 Å². The van der Waals surface area contributed by atoms with E-state index < -0.39 is 0 Å². The van der Waals surface area contributed by atoms with Gasteiger partial charge in [0.2, 0.25) is 0 Å². The molecule has 2 nitrogen and oxygen atoms in total. The molecular weight excluding hydrogens is 216 g/mol. The average molecular weight is 231 g/mol. The summed E-state index contributed by atoms with van der Waals surface area (Å²) >= 11 is 1.89. The van der Waals surface area contributed by atoms with Crippen LogP contribution < -0.4 is 5.32 Å². The fraction of sp³-hybridized carbons (Fsp3) is 0.500. The molecule has 0 saturated carbocycles. The molecule has 1 N–H and O–H groups in total. The maximum atomic E-state index is 4.31. The topological polar surface area (TPSA) is 24.9 Å². The fourth-order valence-electron chi connectivity index (χ4n) is 1.51. The van der Waals surface area contributed by atoms with Crippen molar-refractivity contribution in [2.45, 2.75) is 23.1 Å². The first-order valence-electron chi connectivity index (χ1n) is 4.73. The minimum Gasteiger partial charge on any atom is -0.316 e. The van der Waals surface area contributed by atoms with Crippen LogP contribution in [0.5, 0.6) is 0 Å². The van der Waals surface area contributed by atoms with E-state index in [2.05, 4.69) is 16.4 Å². The van der Waals surface area contributed by atoms with Crippen LogP contribution in [0.15, 0.2) is 29.4 Å². The normalized spacial score (nSPS) is 21.3. The Morgan fingerprint density at radius 1 is 1.43 bits per heavy atom. The lowest BCUT2D eigenvalue weighted by atomic mass is 10.2. The van der Waals surface area contributed by atoms with Gasteiger partial charge in [-0.25, -0.2) is 4.98 Å². The largest absolute Gasteiger partial charge is 0.316 e. The molecule has 78 valence electrons. The van der Waals surface area contributed by atoms with Crippen LogP contribution in [0.1, 0.15) is 12.8 Å². The van der Waals surface area contributed by atoms with Gasteiger partial charge in [0.15, 0.2) is 0 Å². The van der Waals surface area contributed by atoms with E-state index in [1.54, 1.807) is 0 Å². The summed E-state index contributed by atoms with van der Waals surface area (Å²) in [6.45, 7) is 2.31. The van der Waals surface area contributed by atoms with Gasteiger partial charge in [0.1, 0.15) is 0 Å². The third kappa shape index (κ3) is 3.48. The summed E-state index contributed by atoms with van der Waals surface area (Å²) in [5.74, 6) is 0. The molecule has 1 aliphatic rings. The van der Waals surface area contributed by atoms with Crippen LogP contribution >= 0.6 is 24.2 Å². The number of nitrogens with one attached hydrogen (secondary N) is 1. The van der Waals surface area contributed by atoms with Crippen molar-refractivity contribution in [2.24, 2.45) is 0 Å². The van der Waals surface area contributed by atoms with Gasteiger partial charge in [-0.2, -0.15) is 0 Å².